The van der Waals surface area contributed by atoms with Gasteiger partial charge in [-0.3, -0.25) is 14.4 Å². The molecule has 1 aromatic carbocycles. The molecule has 8 nitrogen and oxygen atoms in total. The monoisotopic (exact) mass is 533 g/mol. The Hall–Kier alpha value is -2.93. The normalized spacial score (nSPS) is 30.0. The molecule has 2 saturated carbocycles. The van der Waals surface area contributed by atoms with Gasteiger partial charge in [0.05, 0.1) is 12.0 Å². The second-order valence-electron chi connectivity index (χ2n) is 10.7. The second-order valence-corrected chi connectivity index (χ2v) is 11.2. The molecule has 2 aliphatic carbocycles. The van der Waals surface area contributed by atoms with E-state index in [1.54, 1.807) is 24.3 Å². The lowest BCUT2D eigenvalue weighted by atomic mass is 9.71. The van der Waals surface area contributed by atoms with Crippen LogP contribution in [0.4, 0.5) is 14.5 Å². The number of carbonyl (C=O) groups is 3. The van der Waals surface area contributed by atoms with Crippen molar-refractivity contribution in [1.29, 1.82) is 5.26 Å². The number of alkyl halides is 2. The molecule has 3 saturated heterocycles. The molecule has 11 heteroatoms. The molecule has 3 N–H and O–H groups in total. The van der Waals surface area contributed by atoms with Gasteiger partial charge in [0.2, 0.25) is 17.7 Å². The van der Waals surface area contributed by atoms with Crippen LogP contribution in [0, 0.1) is 23.2 Å². The van der Waals surface area contributed by atoms with Crippen molar-refractivity contribution in [3.05, 3.63) is 29.3 Å². The highest BCUT2D eigenvalue weighted by atomic mass is 35.5. The zero-order valence-corrected chi connectivity index (χ0v) is 21.1. The van der Waals surface area contributed by atoms with Gasteiger partial charge < -0.3 is 20.9 Å². The van der Waals surface area contributed by atoms with Gasteiger partial charge in [0, 0.05) is 35.6 Å². The summed E-state index contributed by atoms with van der Waals surface area (Å²) in [7, 11) is 0. The maximum atomic E-state index is 15.0. The van der Waals surface area contributed by atoms with Gasteiger partial charge in [0.25, 0.3) is 5.92 Å². The van der Waals surface area contributed by atoms with Crippen LogP contribution in [0.3, 0.4) is 0 Å². The molecule has 5 fully saturated rings. The topological polar surface area (TPSA) is 114 Å². The Kier molecular flexibility index (Phi) is 6.77. The maximum Gasteiger partial charge on any atom is 0.255 e. The van der Waals surface area contributed by atoms with Crippen LogP contribution < -0.4 is 16.0 Å². The summed E-state index contributed by atoms with van der Waals surface area (Å²) in [6.07, 6.45) is 2.51. The summed E-state index contributed by atoms with van der Waals surface area (Å²) < 4.78 is 30.1. The van der Waals surface area contributed by atoms with Gasteiger partial charge >= 0.3 is 0 Å². The van der Waals surface area contributed by atoms with Gasteiger partial charge in [-0.15, -0.1) is 0 Å². The summed E-state index contributed by atoms with van der Waals surface area (Å²) in [6, 6.07) is 5.75. The van der Waals surface area contributed by atoms with Crippen molar-refractivity contribution in [1.82, 2.24) is 15.5 Å². The van der Waals surface area contributed by atoms with E-state index in [0.717, 1.165) is 6.42 Å². The minimum absolute atomic E-state index is 0.0967. The average molecular weight is 534 g/mol. The number of piperidine rings is 3. The minimum Gasteiger partial charge on any atom is -0.371 e. The second kappa shape index (κ2) is 9.75. The van der Waals surface area contributed by atoms with Crippen LogP contribution in [0.1, 0.15) is 51.4 Å². The molecule has 5 aliphatic rings. The molecule has 1 aromatic rings. The van der Waals surface area contributed by atoms with Crippen molar-refractivity contribution in [2.45, 2.75) is 81.0 Å². The molecule has 3 heterocycles. The number of hydrogen-bond donors (Lipinski definition) is 3. The fraction of sp³-hybridized carbons (Fsp3) is 0.615. The first-order chi connectivity index (χ1) is 17.6. The van der Waals surface area contributed by atoms with E-state index < -0.39 is 53.8 Å². The first-order valence-electron chi connectivity index (χ1n) is 12.9. The van der Waals surface area contributed by atoms with E-state index in [2.05, 4.69) is 16.0 Å². The molecule has 3 amide bonds. The Morgan fingerprint density at radius 1 is 1.27 bits per heavy atom. The summed E-state index contributed by atoms with van der Waals surface area (Å²) in [5.74, 6) is -6.17. The molecular formula is C26H30ClF2N5O3. The number of halogens is 3. The molecule has 0 aromatic heterocycles. The molecule has 5 atom stereocenters. The molecule has 0 radical (unpaired) electrons. The first-order valence-corrected chi connectivity index (χ1v) is 13.2. The van der Waals surface area contributed by atoms with Crippen molar-refractivity contribution in [3.63, 3.8) is 0 Å². The first kappa shape index (κ1) is 25.7. The van der Waals surface area contributed by atoms with Gasteiger partial charge in [-0.05, 0) is 63.1 Å². The lowest BCUT2D eigenvalue weighted by Crippen LogP contribution is -2.70. The van der Waals surface area contributed by atoms with Crippen LogP contribution in [-0.2, 0) is 14.4 Å². The molecule has 2 bridgehead atoms. The van der Waals surface area contributed by atoms with E-state index in [9.17, 15) is 19.6 Å². The number of hydrogen-bond acceptors (Lipinski definition) is 5. The zero-order valence-electron chi connectivity index (χ0n) is 20.3. The SMILES string of the molecule is N#C[C@H](C[C@H]1CCCNC1=O)NC(=O)[C@H]1[C@@H]2CC[C@@H](CC2(F)F)N1C(=O)C1(Nc2cccc(Cl)c2)CC1. The van der Waals surface area contributed by atoms with E-state index in [4.69, 9.17) is 11.6 Å². The maximum absolute atomic E-state index is 15.0. The van der Waals surface area contributed by atoms with Crippen molar-refractivity contribution >= 4 is 35.0 Å². The third-order valence-electron chi connectivity index (χ3n) is 8.20. The Labute approximate surface area is 219 Å². The fourth-order valence-electron chi connectivity index (χ4n) is 6.15. The van der Waals surface area contributed by atoms with E-state index in [-0.39, 0.29) is 24.7 Å². The predicted octanol–water partition coefficient (Wildman–Crippen LogP) is 3.22. The standard InChI is InChI=1S/C26H30ClF2N5O3/c27-16-4-1-5-17(12-16)33-25(8-9-25)24(37)34-19-6-7-20(26(28,29)13-19)21(34)23(36)32-18(14-30)11-15-3-2-10-31-22(15)35/h1,4-5,12,15,18-21,33H,2-3,6-11,13H2,(H,31,35)(H,32,36)/t15-,18+,19+,20+,21-/m1/s1. The number of anilines is 1. The van der Waals surface area contributed by atoms with Crippen molar-refractivity contribution in [2.75, 3.05) is 11.9 Å². The Bertz CT molecular complexity index is 1140. The van der Waals surface area contributed by atoms with Gasteiger partial charge in [-0.1, -0.05) is 17.7 Å². The summed E-state index contributed by atoms with van der Waals surface area (Å²) >= 11 is 6.09. The number of nitrogens with zero attached hydrogens (tertiary/aromatic N) is 2. The quantitative estimate of drug-likeness (QED) is 0.498. The van der Waals surface area contributed by atoms with Crippen LogP contribution in [0.25, 0.3) is 0 Å². The molecule has 3 aliphatic heterocycles. The molecule has 0 spiro atoms. The average Bonchev–Trinajstić information content (AvgIpc) is 3.64. The third-order valence-corrected chi connectivity index (χ3v) is 8.43. The summed E-state index contributed by atoms with van der Waals surface area (Å²) in [5.41, 5.74) is -0.340. The highest BCUT2D eigenvalue weighted by molar-refractivity contribution is 6.30. The highest BCUT2D eigenvalue weighted by Gasteiger charge is 2.64. The summed E-state index contributed by atoms with van der Waals surface area (Å²) in [4.78, 5) is 40.9. The minimum atomic E-state index is -3.09. The van der Waals surface area contributed by atoms with Gasteiger partial charge in [-0.25, -0.2) is 8.78 Å². The Morgan fingerprint density at radius 3 is 2.70 bits per heavy atom. The lowest BCUT2D eigenvalue weighted by molar-refractivity contribution is -0.195. The molecule has 37 heavy (non-hydrogen) atoms. The number of rotatable bonds is 7. The molecular weight excluding hydrogens is 504 g/mol. The molecule has 198 valence electrons. The van der Waals surface area contributed by atoms with Gasteiger partial charge in [0.1, 0.15) is 17.6 Å². The van der Waals surface area contributed by atoms with Gasteiger partial charge in [-0.2, -0.15) is 5.26 Å². The van der Waals surface area contributed by atoms with Crippen LogP contribution in [0.2, 0.25) is 5.02 Å². The van der Waals surface area contributed by atoms with Crippen molar-refractivity contribution in [3.8, 4) is 6.07 Å². The molecule has 6 rings (SSSR count). The summed E-state index contributed by atoms with van der Waals surface area (Å²) in [5, 5.41) is 18.7. The lowest BCUT2D eigenvalue weighted by Gasteiger charge is -2.54. The predicted molar refractivity (Wildman–Crippen MR) is 132 cm³/mol. The van der Waals surface area contributed by atoms with Crippen LogP contribution in [-0.4, -0.2) is 58.8 Å². The Balaban J connectivity index is 1.37. The van der Waals surface area contributed by atoms with E-state index >= 15 is 8.78 Å². The Morgan fingerprint density at radius 2 is 2.05 bits per heavy atom. The highest BCUT2D eigenvalue weighted by Crippen LogP contribution is 2.52. The number of nitriles is 1. The number of benzene rings is 1. The number of nitrogens with one attached hydrogen (secondary N) is 3. The van der Waals surface area contributed by atoms with Gasteiger partial charge in [0.15, 0.2) is 0 Å². The largest absolute Gasteiger partial charge is 0.371 e. The van der Waals surface area contributed by atoms with Crippen molar-refractivity contribution in [2.24, 2.45) is 11.8 Å². The van der Waals surface area contributed by atoms with Crippen molar-refractivity contribution < 1.29 is 23.2 Å². The van der Waals surface area contributed by atoms with Crippen LogP contribution >= 0.6 is 11.6 Å². The number of amides is 3. The fourth-order valence-corrected chi connectivity index (χ4v) is 6.34. The number of fused-ring (bicyclic) bond motifs is 3. The van der Waals surface area contributed by atoms with E-state index in [1.807, 2.05) is 6.07 Å². The molecule has 0 unspecified atom stereocenters. The zero-order chi connectivity index (χ0) is 26.4. The summed E-state index contributed by atoms with van der Waals surface area (Å²) in [6.45, 7) is 0.571. The number of carbonyl (C=O) groups excluding carboxylic acids is 3. The van der Waals surface area contributed by atoms with Crippen LogP contribution in [0.5, 0.6) is 0 Å². The van der Waals surface area contributed by atoms with E-state index in [1.165, 1.54) is 4.90 Å². The van der Waals surface area contributed by atoms with Crippen LogP contribution in [0.15, 0.2) is 24.3 Å². The third kappa shape index (κ3) is 4.98. The van der Waals surface area contributed by atoms with E-state index in [0.29, 0.717) is 42.9 Å². The smallest absolute Gasteiger partial charge is 0.255 e.